The number of rotatable bonds is 25. The maximum atomic E-state index is 11.0. The van der Waals surface area contributed by atoms with E-state index in [2.05, 4.69) is 102 Å². The van der Waals surface area contributed by atoms with Gasteiger partial charge in [0.05, 0.1) is 0 Å². The number of benzene rings is 1. The fourth-order valence-corrected chi connectivity index (χ4v) is 6.16. The van der Waals surface area contributed by atoms with Gasteiger partial charge >= 0.3 is 29.6 Å². The molecule has 1 aromatic carbocycles. The standard InChI is InChI=1S/C46H70O5S.Na/c1-36(2)17-10-18-37(3)19-11-20-38(4)21-12-22-39(5)23-13-24-40(6)25-14-26-41(7)27-15-28-42(8)29-16-30-43(9)31-32-44-35-45(47)33-34-46(44)51-52(48,49)50;/h17,19,21,23,25,27,29,31,33-35,47H,10-16,18,20,22,24,26,28,30,32H2,1-9H3,(H,48,49,50);/q;+1/p-1/b37-19+,38-21+,39-23+,40-25+,41-27+,42-29+,43-31+;. The number of phenols is 1. The van der Waals surface area contributed by atoms with E-state index in [1.54, 1.807) is 0 Å². The first-order valence-electron chi connectivity index (χ1n) is 19.2. The molecule has 0 atom stereocenters. The SMILES string of the molecule is CC(C)=CCC/C(C)=C/CC/C(C)=C/CC/C(C)=C/CC/C(C)=C/CC/C(C)=C/CC/C(C)=C/CC/C(C)=C/Cc1cc(O)ccc1OS(=O)(=O)[O-].[Na+]. The molecule has 0 fully saturated rings. The normalized spacial score (nSPS) is 14.0. The molecule has 0 amide bonds. The monoisotopic (exact) mass is 756 g/mol. The Morgan fingerprint density at radius 2 is 0.849 bits per heavy atom. The summed E-state index contributed by atoms with van der Waals surface area (Å²) >= 11 is 0. The van der Waals surface area contributed by atoms with E-state index in [9.17, 15) is 18.1 Å². The zero-order valence-electron chi connectivity index (χ0n) is 34.9. The first kappa shape index (κ1) is 50.6. The van der Waals surface area contributed by atoms with Crippen molar-refractivity contribution < 1.29 is 51.8 Å². The van der Waals surface area contributed by atoms with Gasteiger partial charge in [-0.15, -0.1) is 0 Å². The van der Waals surface area contributed by atoms with Gasteiger partial charge in [0.15, 0.2) is 0 Å². The fraction of sp³-hybridized carbons (Fsp3) is 0.522. The molecule has 0 aliphatic heterocycles. The molecule has 0 saturated carbocycles. The van der Waals surface area contributed by atoms with Gasteiger partial charge in [0.1, 0.15) is 11.5 Å². The summed E-state index contributed by atoms with van der Waals surface area (Å²) in [6.45, 7) is 19.8. The minimum Gasteiger partial charge on any atom is -0.716 e. The van der Waals surface area contributed by atoms with Gasteiger partial charge in [-0.1, -0.05) is 93.2 Å². The van der Waals surface area contributed by atoms with Crippen LogP contribution in [0, 0.1) is 0 Å². The minimum atomic E-state index is -4.88. The van der Waals surface area contributed by atoms with E-state index in [1.807, 2.05) is 13.0 Å². The Bertz CT molecular complexity index is 1600. The van der Waals surface area contributed by atoms with Gasteiger partial charge in [0.2, 0.25) is 0 Å². The van der Waals surface area contributed by atoms with Crippen molar-refractivity contribution in [2.75, 3.05) is 0 Å². The predicted octanol–water partition coefficient (Wildman–Crippen LogP) is 10.8. The Labute approximate surface area is 347 Å². The molecule has 0 aliphatic carbocycles. The molecule has 0 radical (unpaired) electrons. The molecule has 1 N–H and O–H groups in total. The number of aromatic hydroxyl groups is 1. The van der Waals surface area contributed by atoms with Crippen LogP contribution in [0.5, 0.6) is 11.5 Å². The average Bonchev–Trinajstić information content (AvgIpc) is 3.04. The Balaban J connectivity index is 0.0000270. The molecule has 0 unspecified atom stereocenters. The molecule has 0 heterocycles. The van der Waals surface area contributed by atoms with Gasteiger partial charge in [-0.2, -0.15) is 0 Å². The number of phenolic OH excluding ortho intramolecular Hbond substituents is 1. The van der Waals surface area contributed by atoms with Crippen molar-refractivity contribution in [1.29, 1.82) is 0 Å². The van der Waals surface area contributed by atoms with Crippen LogP contribution in [0.15, 0.2) is 111 Å². The van der Waals surface area contributed by atoms with Crippen LogP contribution in [0.25, 0.3) is 0 Å². The molecule has 0 spiro atoms. The quantitative estimate of drug-likeness (QED) is 0.0465. The maximum Gasteiger partial charge on any atom is 1.00 e. The molecule has 0 aliphatic rings. The molecular formula is C46H69NaO5S. The van der Waals surface area contributed by atoms with Crippen LogP contribution in [-0.4, -0.2) is 18.1 Å². The first-order chi connectivity index (χ1) is 24.5. The average molecular weight is 757 g/mol. The largest absolute Gasteiger partial charge is 1.00 e. The number of allylic oxidation sites excluding steroid dienone is 16. The summed E-state index contributed by atoms with van der Waals surface area (Å²) in [7, 11) is -4.88. The summed E-state index contributed by atoms with van der Waals surface area (Å²) in [5, 5.41) is 9.77. The molecule has 290 valence electrons. The Morgan fingerprint density at radius 3 is 1.15 bits per heavy atom. The summed E-state index contributed by atoms with van der Waals surface area (Å²) in [4.78, 5) is 0. The van der Waals surface area contributed by atoms with E-state index in [1.165, 1.54) is 63.6 Å². The molecule has 5 nitrogen and oxygen atoms in total. The number of hydrogen-bond donors (Lipinski definition) is 1. The van der Waals surface area contributed by atoms with E-state index in [-0.39, 0.29) is 41.1 Å². The van der Waals surface area contributed by atoms with Gasteiger partial charge < -0.3 is 13.8 Å². The van der Waals surface area contributed by atoms with Crippen LogP contribution in [-0.2, 0) is 16.8 Å². The van der Waals surface area contributed by atoms with Crippen LogP contribution < -0.4 is 33.7 Å². The zero-order valence-corrected chi connectivity index (χ0v) is 37.8. The van der Waals surface area contributed by atoms with Crippen molar-refractivity contribution >= 4 is 10.4 Å². The zero-order chi connectivity index (χ0) is 38.9. The van der Waals surface area contributed by atoms with Crippen LogP contribution in [0.1, 0.15) is 158 Å². The first-order valence-corrected chi connectivity index (χ1v) is 20.6. The third kappa shape index (κ3) is 28.7. The van der Waals surface area contributed by atoms with Crippen molar-refractivity contribution in [3.63, 3.8) is 0 Å². The number of hydrogen-bond acceptors (Lipinski definition) is 5. The van der Waals surface area contributed by atoms with Crippen molar-refractivity contribution in [1.82, 2.24) is 0 Å². The predicted molar refractivity (Wildman–Crippen MR) is 223 cm³/mol. The summed E-state index contributed by atoms with van der Waals surface area (Å²) in [6, 6.07) is 4.00. The third-order valence-electron chi connectivity index (χ3n) is 9.19. The third-order valence-corrected chi connectivity index (χ3v) is 9.57. The molecule has 1 aromatic rings. The van der Waals surface area contributed by atoms with E-state index >= 15 is 0 Å². The van der Waals surface area contributed by atoms with Gasteiger partial charge in [0, 0.05) is 5.56 Å². The summed E-state index contributed by atoms with van der Waals surface area (Å²) in [6.07, 6.45) is 34.2. The molecule has 0 bridgehead atoms. The van der Waals surface area contributed by atoms with Crippen LogP contribution >= 0.6 is 0 Å². The Hall–Kier alpha value is -2.35. The summed E-state index contributed by atoms with van der Waals surface area (Å²) in [5.41, 5.74) is 11.8. The van der Waals surface area contributed by atoms with E-state index in [4.69, 9.17) is 0 Å². The van der Waals surface area contributed by atoms with Crippen molar-refractivity contribution in [2.24, 2.45) is 0 Å². The molecule has 53 heavy (non-hydrogen) atoms. The van der Waals surface area contributed by atoms with Crippen LogP contribution in [0.3, 0.4) is 0 Å². The van der Waals surface area contributed by atoms with Crippen LogP contribution in [0.4, 0.5) is 0 Å². The Morgan fingerprint density at radius 1 is 0.547 bits per heavy atom. The maximum absolute atomic E-state index is 11.0. The molecular weight excluding hydrogens is 688 g/mol. The van der Waals surface area contributed by atoms with Gasteiger partial charge in [-0.25, -0.2) is 8.42 Å². The second-order valence-electron chi connectivity index (χ2n) is 14.9. The van der Waals surface area contributed by atoms with Crippen molar-refractivity contribution in [2.45, 2.75) is 159 Å². The van der Waals surface area contributed by atoms with Crippen LogP contribution in [0.2, 0.25) is 0 Å². The smallest absolute Gasteiger partial charge is 0.716 e. The minimum absolute atomic E-state index is 0. The summed E-state index contributed by atoms with van der Waals surface area (Å²) in [5.74, 6) is -0.0680. The van der Waals surface area contributed by atoms with E-state index in [0.29, 0.717) is 12.0 Å². The fourth-order valence-electron chi connectivity index (χ4n) is 5.78. The summed E-state index contributed by atoms with van der Waals surface area (Å²) < 4.78 is 37.6. The van der Waals surface area contributed by atoms with Crippen molar-refractivity contribution in [3.8, 4) is 11.5 Å². The molecule has 1 rings (SSSR count). The van der Waals surface area contributed by atoms with Gasteiger partial charge in [0.25, 0.3) is 10.4 Å². The molecule has 0 saturated heterocycles. The second kappa shape index (κ2) is 29.0. The topological polar surface area (TPSA) is 86.7 Å². The molecule has 7 heteroatoms. The Kier molecular flexibility index (Phi) is 27.7. The van der Waals surface area contributed by atoms with Gasteiger partial charge in [-0.3, -0.25) is 0 Å². The second-order valence-corrected chi connectivity index (χ2v) is 15.9. The van der Waals surface area contributed by atoms with E-state index < -0.39 is 10.4 Å². The molecule has 0 aromatic heterocycles. The van der Waals surface area contributed by atoms with Crippen molar-refractivity contribution in [3.05, 3.63) is 117 Å². The van der Waals surface area contributed by atoms with E-state index in [0.717, 1.165) is 89.0 Å². The van der Waals surface area contributed by atoms with Gasteiger partial charge in [-0.05, 0) is 177 Å².